The van der Waals surface area contributed by atoms with E-state index in [1.54, 1.807) is 11.9 Å². The SMILES string of the molecule is CC1CCC(N)CC1C(=O)N(C)C(C)(C)CO. The Morgan fingerprint density at radius 1 is 1.47 bits per heavy atom. The quantitative estimate of drug-likeness (QED) is 0.775. The summed E-state index contributed by atoms with van der Waals surface area (Å²) in [4.78, 5) is 14.1. The molecule has 3 N–H and O–H groups in total. The topological polar surface area (TPSA) is 66.6 Å². The third-order valence-corrected chi connectivity index (χ3v) is 4.18. The van der Waals surface area contributed by atoms with E-state index in [4.69, 9.17) is 5.73 Å². The normalized spacial score (nSPS) is 30.1. The number of hydrogen-bond donors (Lipinski definition) is 2. The molecule has 4 heteroatoms. The first kappa shape index (κ1) is 14.5. The van der Waals surface area contributed by atoms with Gasteiger partial charge in [0.25, 0.3) is 0 Å². The molecule has 0 aromatic carbocycles. The maximum atomic E-state index is 12.4. The largest absolute Gasteiger partial charge is 0.394 e. The Balaban J connectivity index is 2.74. The van der Waals surface area contributed by atoms with E-state index in [-0.39, 0.29) is 24.5 Å². The summed E-state index contributed by atoms with van der Waals surface area (Å²) < 4.78 is 0. The molecule has 0 spiro atoms. The van der Waals surface area contributed by atoms with Gasteiger partial charge in [0.2, 0.25) is 5.91 Å². The van der Waals surface area contributed by atoms with Gasteiger partial charge in [0.05, 0.1) is 12.1 Å². The van der Waals surface area contributed by atoms with E-state index in [1.165, 1.54) is 0 Å². The minimum absolute atomic E-state index is 0.00887. The van der Waals surface area contributed by atoms with E-state index in [2.05, 4.69) is 6.92 Å². The lowest BCUT2D eigenvalue weighted by Crippen LogP contribution is -2.52. The van der Waals surface area contributed by atoms with Crippen molar-refractivity contribution in [2.75, 3.05) is 13.7 Å². The lowest BCUT2D eigenvalue weighted by molar-refractivity contribution is -0.143. The van der Waals surface area contributed by atoms with Crippen LogP contribution in [0.3, 0.4) is 0 Å². The molecule has 17 heavy (non-hydrogen) atoms. The number of nitrogens with two attached hydrogens (primary N) is 1. The van der Waals surface area contributed by atoms with Crippen LogP contribution in [0.2, 0.25) is 0 Å². The molecule has 1 aliphatic rings. The summed E-state index contributed by atoms with van der Waals surface area (Å²) in [5, 5.41) is 9.31. The summed E-state index contributed by atoms with van der Waals surface area (Å²) in [5.74, 6) is 0.514. The number of carbonyl (C=O) groups excluding carboxylic acids is 1. The van der Waals surface area contributed by atoms with Crippen LogP contribution in [0.5, 0.6) is 0 Å². The highest BCUT2D eigenvalue weighted by Gasteiger charge is 2.37. The molecule has 0 aromatic rings. The van der Waals surface area contributed by atoms with Gasteiger partial charge in [0, 0.05) is 19.0 Å². The van der Waals surface area contributed by atoms with Crippen molar-refractivity contribution in [3.05, 3.63) is 0 Å². The molecule has 1 aliphatic carbocycles. The molecule has 1 saturated carbocycles. The first-order valence-electron chi connectivity index (χ1n) is 6.43. The molecule has 0 radical (unpaired) electrons. The Kier molecular flexibility index (Phi) is 4.55. The minimum Gasteiger partial charge on any atom is -0.394 e. The number of carbonyl (C=O) groups is 1. The third-order valence-electron chi connectivity index (χ3n) is 4.18. The van der Waals surface area contributed by atoms with Gasteiger partial charge in [-0.2, -0.15) is 0 Å². The van der Waals surface area contributed by atoms with Gasteiger partial charge in [0.1, 0.15) is 0 Å². The van der Waals surface area contributed by atoms with Crippen LogP contribution in [0, 0.1) is 11.8 Å². The lowest BCUT2D eigenvalue weighted by Gasteiger charge is -2.40. The van der Waals surface area contributed by atoms with E-state index in [0.717, 1.165) is 19.3 Å². The van der Waals surface area contributed by atoms with Gasteiger partial charge in [0.15, 0.2) is 0 Å². The van der Waals surface area contributed by atoms with Crippen LogP contribution in [-0.4, -0.2) is 41.1 Å². The number of hydrogen-bond acceptors (Lipinski definition) is 3. The molecule has 3 unspecified atom stereocenters. The predicted molar refractivity (Wildman–Crippen MR) is 68.4 cm³/mol. The predicted octanol–water partition coefficient (Wildman–Crippen LogP) is 0.979. The summed E-state index contributed by atoms with van der Waals surface area (Å²) in [5.41, 5.74) is 5.45. The van der Waals surface area contributed by atoms with Crippen molar-refractivity contribution in [3.8, 4) is 0 Å². The van der Waals surface area contributed by atoms with Gasteiger partial charge in [-0.25, -0.2) is 0 Å². The number of rotatable bonds is 3. The second-order valence-electron chi connectivity index (χ2n) is 6.02. The summed E-state index contributed by atoms with van der Waals surface area (Å²) in [6.07, 6.45) is 2.80. The first-order valence-corrected chi connectivity index (χ1v) is 6.43. The molecule has 1 fully saturated rings. The minimum atomic E-state index is -0.502. The van der Waals surface area contributed by atoms with E-state index < -0.39 is 5.54 Å². The molecular formula is C13H26N2O2. The molecule has 0 heterocycles. The van der Waals surface area contributed by atoms with E-state index in [0.29, 0.717) is 5.92 Å². The average Bonchev–Trinajstić information content (AvgIpc) is 2.30. The van der Waals surface area contributed by atoms with Crippen molar-refractivity contribution in [3.63, 3.8) is 0 Å². The summed E-state index contributed by atoms with van der Waals surface area (Å²) in [7, 11) is 1.77. The van der Waals surface area contributed by atoms with Crippen LogP contribution in [0.4, 0.5) is 0 Å². The Morgan fingerprint density at radius 3 is 2.59 bits per heavy atom. The van der Waals surface area contributed by atoms with Crippen LogP contribution in [0.15, 0.2) is 0 Å². The van der Waals surface area contributed by atoms with E-state index in [9.17, 15) is 9.90 Å². The van der Waals surface area contributed by atoms with Gasteiger partial charge in [-0.05, 0) is 39.0 Å². The fourth-order valence-electron chi connectivity index (χ4n) is 2.35. The summed E-state index contributed by atoms with van der Waals surface area (Å²) >= 11 is 0. The average molecular weight is 242 g/mol. The van der Waals surface area contributed by atoms with E-state index >= 15 is 0 Å². The molecule has 0 aliphatic heterocycles. The number of aliphatic hydroxyl groups is 1. The highest BCUT2D eigenvalue weighted by molar-refractivity contribution is 5.79. The fourth-order valence-corrected chi connectivity index (χ4v) is 2.35. The van der Waals surface area contributed by atoms with E-state index in [1.807, 2.05) is 13.8 Å². The maximum absolute atomic E-state index is 12.4. The van der Waals surface area contributed by atoms with Crippen molar-refractivity contribution >= 4 is 5.91 Å². The lowest BCUT2D eigenvalue weighted by atomic mass is 9.77. The van der Waals surface area contributed by atoms with Gasteiger partial charge < -0.3 is 15.7 Å². The smallest absolute Gasteiger partial charge is 0.226 e. The van der Waals surface area contributed by atoms with Crippen LogP contribution < -0.4 is 5.73 Å². The molecular weight excluding hydrogens is 216 g/mol. The monoisotopic (exact) mass is 242 g/mol. The van der Waals surface area contributed by atoms with Crippen LogP contribution >= 0.6 is 0 Å². The van der Waals surface area contributed by atoms with Crippen molar-refractivity contribution in [1.29, 1.82) is 0 Å². The summed E-state index contributed by atoms with van der Waals surface area (Å²) in [6.45, 7) is 5.84. The highest BCUT2D eigenvalue weighted by atomic mass is 16.3. The van der Waals surface area contributed by atoms with Crippen molar-refractivity contribution in [1.82, 2.24) is 4.90 Å². The molecule has 0 saturated heterocycles. The molecule has 100 valence electrons. The molecule has 1 rings (SSSR count). The van der Waals surface area contributed by atoms with Crippen molar-refractivity contribution in [2.45, 2.75) is 51.6 Å². The number of amides is 1. The van der Waals surface area contributed by atoms with Gasteiger partial charge in [-0.1, -0.05) is 6.92 Å². The Bertz CT molecular complexity index is 279. The number of nitrogens with zero attached hydrogens (tertiary/aromatic N) is 1. The number of likely N-dealkylation sites (N-methyl/N-ethyl adjacent to an activating group) is 1. The Hall–Kier alpha value is -0.610. The molecule has 3 atom stereocenters. The third kappa shape index (κ3) is 3.19. The maximum Gasteiger partial charge on any atom is 0.226 e. The van der Waals surface area contributed by atoms with Gasteiger partial charge in [-0.15, -0.1) is 0 Å². The van der Waals surface area contributed by atoms with Crippen LogP contribution in [-0.2, 0) is 4.79 Å². The molecule has 0 bridgehead atoms. The highest BCUT2D eigenvalue weighted by Crippen LogP contribution is 2.31. The van der Waals surface area contributed by atoms with Crippen molar-refractivity contribution < 1.29 is 9.90 Å². The van der Waals surface area contributed by atoms with Gasteiger partial charge >= 0.3 is 0 Å². The molecule has 1 amide bonds. The Morgan fingerprint density at radius 2 is 2.06 bits per heavy atom. The summed E-state index contributed by atoms with van der Waals surface area (Å²) in [6, 6.07) is 0.144. The van der Waals surface area contributed by atoms with Gasteiger partial charge in [-0.3, -0.25) is 4.79 Å². The zero-order chi connectivity index (χ0) is 13.2. The van der Waals surface area contributed by atoms with Crippen LogP contribution in [0.25, 0.3) is 0 Å². The molecule has 4 nitrogen and oxygen atoms in total. The second kappa shape index (κ2) is 5.36. The standard InChI is InChI=1S/C13H26N2O2/c1-9-5-6-10(14)7-11(9)12(17)15(4)13(2,3)8-16/h9-11,16H,5-8,14H2,1-4H3. The first-order chi connectivity index (χ1) is 7.79. The fraction of sp³-hybridized carbons (Fsp3) is 0.923. The zero-order valence-corrected chi connectivity index (χ0v) is 11.4. The number of aliphatic hydroxyl groups excluding tert-OH is 1. The molecule has 0 aromatic heterocycles. The van der Waals surface area contributed by atoms with Crippen LogP contribution in [0.1, 0.15) is 40.0 Å². The Labute approximate surface area is 104 Å². The second-order valence-corrected chi connectivity index (χ2v) is 6.02. The zero-order valence-electron chi connectivity index (χ0n) is 11.4. The van der Waals surface area contributed by atoms with Crippen molar-refractivity contribution in [2.24, 2.45) is 17.6 Å².